The van der Waals surface area contributed by atoms with E-state index in [4.69, 9.17) is 23.6 Å². The van der Waals surface area contributed by atoms with E-state index in [2.05, 4.69) is 45.5 Å². The molecule has 76 valence electrons. The van der Waals surface area contributed by atoms with Crippen molar-refractivity contribution in [3.63, 3.8) is 0 Å². The van der Waals surface area contributed by atoms with Crippen molar-refractivity contribution in [1.82, 2.24) is 0 Å². The van der Waals surface area contributed by atoms with Crippen LogP contribution in [0.5, 0.6) is 0 Å². The van der Waals surface area contributed by atoms with Crippen molar-refractivity contribution in [1.29, 1.82) is 0 Å². The zero-order valence-corrected chi connectivity index (χ0v) is 13.6. The third-order valence-electron chi connectivity index (χ3n) is 1.67. The van der Waals surface area contributed by atoms with E-state index in [0.29, 0.717) is 0 Å². The largest absolute Gasteiger partial charge is 0.113 e. The minimum atomic E-state index is -1.11. The predicted octanol–water partition coefficient (Wildman–Crippen LogP) is 4.52. The standard InChI is InChI=1S/C5H10P2S6/c8-6(10-1-2-11-6)5-7(9)12-3-4-13-7/h1-5H2. The van der Waals surface area contributed by atoms with Gasteiger partial charge in [0.25, 0.3) is 0 Å². The molecule has 0 saturated carbocycles. The molecule has 0 bridgehead atoms. The molecule has 0 aliphatic carbocycles. The second kappa shape index (κ2) is 4.91. The lowest BCUT2D eigenvalue weighted by Crippen LogP contribution is -1.74. The Labute approximate surface area is 106 Å². The summed E-state index contributed by atoms with van der Waals surface area (Å²) >= 11 is 19.7. The highest BCUT2D eigenvalue weighted by Gasteiger charge is 2.34. The first kappa shape index (κ1) is 12.2. The molecular formula is C5H10P2S6. The highest BCUT2D eigenvalue weighted by molar-refractivity contribution is 9.08. The molecule has 2 saturated heterocycles. The van der Waals surface area contributed by atoms with Crippen molar-refractivity contribution in [3.8, 4) is 0 Å². The van der Waals surface area contributed by atoms with Gasteiger partial charge in [0, 0.05) is 28.9 Å². The number of hydrogen-bond acceptors (Lipinski definition) is 6. The van der Waals surface area contributed by atoms with Gasteiger partial charge in [0.15, 0.2) is 0 Å². The van der Waals surface area contributed by atoms with E-state index in [9.17, 15) is 0 Å². The Morgan fingerprint density at radius 2 is 1.08 bits per heavy atom. The smallest absolute Gasteiger partial charge is 0.0636 e. The van der Waals surface area contributed by atoms with Crippen molar-refractivity contribution < 1.29 is 0 Å². The Bertz CT molecular complexity index is 241. The lowest BCUT2D eigenvalue weighted by atomic mass is 11.0. The average Bonchev–Trinajstić information content (AvgIpc) is 2.60. The third kappa shape index (κ3) is 3.33. The summed E-state index contributed by atoms with van der Waals surface area (Å²) in [5.74, 6) is 6.30. The monoisotopic (exact) mass is 324 g/mol. The fourth-order valence-corrected chi connectivity index (χ4v) is 38.0. The minimum Gasteiger partial charge on any atom is -0.113 e. The third-order valence-corrected chi connectivity index (χ3v) is 28.8. The molecule has 2 fully saturated rings. The lowest BCUT2D eigenvalue weighted by molar-refractivity contribution is 1.59. The van der Waals surface area contributed by atoms with Gasteiger partial charge in [-0.3, -0.25) is 0 Å². The molecule has 8 heteroatoms. The van der Waals surface area contributed by atoms with Crippen LogP contribution in [0.1, 0.15) is 0 Å². The molecule has 0 spiro atoms. The van der Waals surface area contributed by atoms with Crippen LogP contribution in [0.25, 0.3) is 0 Å². The number of hydrogen-bond donors (Lipinski definition) is 0. The molecule has 0 aromatic rings. The Hall–Kier alpha value is 2.70. The zero-order chi connectivity index (χ0) is 9.36. The fourth-order valence-electron chi connectivity index (χ4n) is 1.16. The van der Waals surface area contributed by atoms with Crippen LogP contribution in [0, 0.1) is 0 Å². The summed E-state index contributed by atoms with van der Waals surface area (Å²) in [6.07, 6.45) is 0. The quantitative estimate of drug-likeness (QED) is 0.680. The molecule has 0 aromatic heterocycles. The van der Waals surface area contributed by atoms with Crippen LogP contribution in [0.3, 0.4) is 0 Å². The molecule has 0 atom stereocenters. The van der Waals surface area contributed by atoms with Crippen LogP contribution < -0.4 is 0 Å². The van der Waals surface area contributed by atoms with Gasteiger partial charge in [-0.25, -0.2) is 0 Å². The summed E-state index contributed by atoms with van der Waals surface area (Å²) in [6.45, 7) is 0. The molecule has 0 nitrogen and oxygen atoms in total. The van der Waals surface area contributed by atoms with Crippen molar-refractivity contribution in [3.05, 3.63) is 0 Å². The highest BCUT2D eigenvalue weighted by Crippen LogP contribution is 2.86. The Kier molecular flexibility index (Phi) is 4.60. The van der Waals surface area contributed by atoms with Crippen LogP contribution in [0.2, 0.25) is 0 Å². The highest BCUT2D eigenvalue weighted by atomic mass is 33.3. The van der Waals surface area contributed by atoms with Crippen molar-refractivity contribution in [2.45, 2.75) is 0 Å². The summed E-state index contributed by atoms with van der Waals surface area (Å²) in [5, 5.41) is 0. The van der Waals surface area contributed by atoms with Gasteiger partial charge in [-0.15, -0.1) is 45.5 Å². The van der Waals surface area contributed by atoms with Gasteiger partial charge in [0.05, 0.1) is 8.88 Å². The van der Waals surface area contributed by atoms with E-state index in [0.717, 1.165) is 0 Å². The summed E-state index contributed by atoms with van der Waals surface area (Å²) in [6, 6.07) is 0. The molecule has 0 aromatic carbocycles. The van der Waals surface area contributed by atoms with E-state index in [1.807, 2.05) is 0 Å². The molecule has 13 heavy (non-hydrogen) atoms. The Balaban J connectivity index is 2.04. The second-order valence-electron chi connectivity index (χ2n) is 2.70. The van der Waals surface area contributed by atoms with E-state index < -0.39 is 8.88 Å². The maximum Gasteiger partial charge on any atom is 0.0636 e. The summed E-state index contributed by atoms with van der Waals surface area (Å²) in [5.41, 5.74) is 0. The Morgan fingerprint density at radius 1 is 0.769 bits per heavy atom. The van der Waals surface area contributed by atoms with Crippen LogP contribution in [-0.2, 0) is 23.6 Å². The van der Waals surface area contributed by atoms with Gasteiger partial charge in [0.2, 0.25) is 0 Å². The first-order valence-electron chi connectivity index (χ1n) is 3.88. The van der Waals surface area contributed by atoms with Crippen LogP contribution >= 0.6 is 54.4 Å². The molecule has 2 aliphatic heterocycles. The Morgan fingerprint density at radius 3 is 1.38 bits per heavy atom. The van der Waals surface area contributed by atoms with Gasteiger partial charge in [-0.2, -0.15) is 0 Å². The molecule has 0 amide bonds. The normalized spacial score (nSPS) is 30.8. The van der Waals surface area contributed by atoms with E-state index >= 15 is 0 Å². The van der Waals surface area contributed by atoms with Crippen LogP contribution in [0.15, 0.2) is 0 Å². The van der Waals surface area contributed by atoms with Gasteiger partial charge in [0.1, 0.15) is 0 Å². The van der Waals surface area contributed by atoms with Crippen LogP contribution in [0.4, 0.5) is 0 Å². The summed E-state index contributed by atoms with van der Waals surface area (Å²) < 4.78 is -2.23. The first-order valence-corrected chi connectivity index (χ1v) is 16.2. The topological polar surface area (TPSA) is 0 Å². The lowest BCUT2D eigenvalue weighted by Gasteiger charge is -2.19. The van der Waals surface area contributed by atoms with E-state index in [-0.39, 0.29) is 0 Å². The molecule has 0 unspecified atom stereocenters. The molecule has 2 aliphatic rings. The number of rotatable bonds is 2. The molecular weight excluding hydrogens is 314 g/mol. The van der Waals surface area contributed by atoms with Crippen molar-refractivity contribution in [2.75, 3.05) is 28.9 Å². The van der Waals surface area contributed by atoms with Crippen molar-refractivity contribution >= 4 is 78.0 Å². The molecule has 0 N–H and O–H groups in total. The van der Waals surface area contributed by atoms with Gasteiger partial charge < -0.3 is 0 Å². The van der Waals surface area contributed by atoms with E-state index in [1.54, 1.807) is 0 Å². The van der Waals surface area contributed by atoms with Gasteiger partial charge in [-0.05, 0) is 0 Å². The maximum atomic E-state index is 5.75. The summed E-state index contributed by atoms with van der Waals surface area (Å²) in [7, 11) is 0. The van der Waals surface area contributed by atoms with Crippen LogP contribution in [-0.4, -0.2) is 28.9 Å². The SMILES string of the molecule is S=P1(CP2(=S)SCCS2)SCCS1. The minimum absolute atomic E-state index is 1.11. The maximum absolute atomic E-state index is 5.75. The molecule has 2 rings (SSSR count). The zero-order valence-electron chi connectivity index (χ0n) is 6.88. The first-order chi connectivity index (χ1) is 6.12. The van der Waals surface area contributed by atoms with E-state index in [1.165, 1.54) is 28.9 Å². The van der Waals surface area contributed by atoms with Gasteiger partial charge in [-0.1, -0.05) is 23.6 Å². The molecule has 0 radical (unpaired) electrons. The average molecular weight is 324 g/mol. The second-order valence-corrected chi connectivity index (χ2v) is 27.4. The fraction of sp³-hybridized carbons (Fsp3) is 1.00. The summed E-state index contributed by atoms with van der Waals surface area (Å²) in [4.78, 5) is 0. The van der Waals surface area contributed by atoms with Crippen molar-refractivity contribution in [2.24, 2.45) is 0 Å². The predicted molar refractivity (Wildman–Crippen MR) is 83.3 cm³/mol. The van der Waals surface area contributed by atoms with Gasteiger partial charge >= 0.3 is 0 Å². The molecule has 2 heterocycles.